The number of rotatable bonds is 10. The lowest BCUT2D eigenvalue weighted by Crippen LogP contribution is -2.53. The number of likely N-dealkylation sites (N-methyl/N-ethyl adjacent to an activating group) is 1. The van der Waals surface area contributed by atoms with Gasteiger partial charge in [0.15, 0.2) is 0 Å². The molecule has 0 fully saturated rings. The highest BCUT2D eigenvalue weighted by atomic mass is 16.6. The first-order chi connectivity index (χ1) is 19.4. The molecule has 2 N–H and O–H groups in total. The summed E-state index contributed by atoms with van der Waals surface area (Å²) in [5.74, 6) is -0.694. The highest BCUT2D eigenvalue weighted by Gasteiger charge is 2.36. The summed E-state index contributed by atoms with van der Waals surface area (Å²) in [5, 5.41) is 5.87. The lowest BCUT2D eigenvalue weighted by atomic mass is 9.98. The second-order valence-corrected chi connectivity index (χ2v) is 11.3. The van der Waals surface area contributed by atoms with Crippen molar-refractivity contribution in [3.63, 3.8) is 0 Å². The number of benzene rings is 3. The van der Waals surface area contributed by atoms with E-state index in [1.54, 1.807) is 20.8 Å². The van der Waals surface area contributed by atoms with E-state index in [-0.39, 0.29) is 24.8 Å². The van der Waals surface area contributed by atoms with Crippen molar-refractivity contribution < 1.29 is 19.1 Å². The molecule has 41 heavy (non-hydrogen) atoms. The summed E-state index contributed by atoms with van der Waals surface area (Å²) in [6, 6.07) is 21.2. The maximum Gasteiger partial charge on any atom is 0.408 e. The Labute approximate surface area is 244 Å². The van der Waals surface area contributed by atoms with Crippen LogP contribution in [0.2, 0.25) is 0 Å². The van der Waals surface area contributed by atoms with Gasteiger partial charge in [0, 0.05) is 18.7 Å². The van der Waals surface area contributed by atoms with Gasteiger partial charge in [-0.25, -0.2) is 4.79 Å². The van der Waals surface area contributed by atoms with Crippen LogP contribution in [0, 0.1) is 13.8 Å². The molecule has 0 saturated heterocycles. The molecule has 3 aromatic carbocycles. The van der Waals surface area contributed by atoms with E-state index >= 15 is 0 Å². The molecule has 0 aliphatic heterocycles. The average molecular weight is 558 g/mol. The standard InChI is InChI=1S/C34H43N3O4/c1-8-25-18-20-27(21-19-25)30(31(38)36-29-23(3)14-13-15-24(29)4)37(9-2)32(39)28(22-26-16-11-10-12-17-26)35-33(40)41-34(5,6)7/h10-21,28,30H,8-9,22H2,1-7H3,(H,35,40)(H,36,38). The molecule has 2 unspecified atom stereocenters. The predicted molar refractivity (Wildman–Crippen MR) is 164 cm³/mol. The van der Waals surface area contributed by atoms with Crippen LogP contribution in [-0.2, 0) is 27.2 Å². The zero-order valence-electron chi connectivity index (χ0n) is 25.3. The molecule has 3 rings (SSSR count). The monoisotopic (exact) mass is 557 g/mol. The van der Waals surface area contributed by atoms with Crippen LogP contribution < -0.4 is 10.6 Å². The van der Waals surface area contributed by atoms with Crippen LogP contribution in [0.25, 0.3) is 0 Å². The SMILES string of the molecule is CCc1ccc(C(C(=O)Nc2c(C)cccc2C)N(CC)C(=O)C(Cc2ccccc2)NC(=O)OC(C)(C)C)cc1. The molecule has 0 saturated carbocycles. The first-order valence-electron chi connectivity index (χ1n) is 14.2. The number of para-hydroxylation sites is 1. The fourth-order valence-electron chi connectivity index (χ4n) is 4.78. The molecule has 0 bridgehead atoms. The van der Waals surface area contributed by atoms with Crippen LogP contribution in [0.3, 0.4) is 0 Å². The summed E-state index contributed by atoms with van der Waals surface area (Å²) in [7, 11) is 0. The average Bonchev–Trinajstić information content (AvgIpc) is 2.92. The molecule has 0 heterocycles. The highest BCUT2D eigenvalue weighted by Crippen LogP contribution is 2.27. The van der Waals surface area contributed by atoms with Gasteiger partial charge in [0.1, 0.15) is 17.7 Å². The maximum absolute atomic E-state index is 14.3. The molecule has 0 aromatic heterocycles. The summed E-state index contributed by atoms with van der Waals surface area (Å²) in [4.78, 5) is 42.7. The molecule has 3 aromatic rings. The zero-order chi connectivity index (χ0) is 30.2. The molecule has 218 valence electrons. The largest absolute Gasteiger partial charge is 0.444 e. The molecule has 3 amide bonds. The number of alkyl carbamates (subject to hydrolysis) is 1. The van der Waals surface area contributed by atoms with Crippen molar-refractivity contribution in [3.8, 4) is 0 Å². The third-order valence-corrected chi connectivity index (χ3v) is 6.89. The number of hydrogen-bond acceptors (Lipinski definition) is 4. The van der Waals surface area contributed by atoms with Crippen molar-refractivity contribution >= 4 is 23.6 Å². The van der Waals surface area contributed by atoms with E-state index in [2.05, 4.69) is 17.6 Å². The molecule has 0 radical (unpaired) electrons. The van der Waals surface area contributed by atoms with Gasteiger partial charge in [-0.05, 0) is 75.8 Å². The molecular weight excluding hydrogens is 514 g/mol. The number of nitrogens with zero attached hydrogens (tertiary/aromatic N) is 1. The van der Waals surface area contributed by atoms with E-state index < -0.39 is 23.8 Å². The predicted octanol–water partition coefficient (Wildman–Crippen LogP) is 6.53. The molecular formula is C34H43N3O4. The second-order valence-electron chi connectivity index (χ2n) is 11.3. The Kier molecular flexibility index (Phi) is 10.7. The van der Waals surface area contributed by atoms with Gasteiger partial charge in [-0.1, -0.05) is 79.7 Å². The lowest BCUT2D eigenvalue weighted by Gasteiger charge is -2.34. The van der Waals surface area contributed by atoms with E-state index in [0.717, 1.165) is 34.4 Å². The summed E-state index contributed by atoms with van der Waals surface area (Å²) in [5.41, 5.74) is 4.56. The van der Waals surface area contributed by atoms with Gasteiger partial charge in [-0.15, -0.1) is 0 Å². The number of carbonyl (C=O) groups is 3. The minimum atomic E-state index is -0.947. The van der Waals surface area contributed by atoms with E-state index in [0.29, 0.717) is 5.56 Å². The molecule has 7 heteroatoms. The van der Waals surface area contributed by atoms with E-state index in [4.69, 9.17) is 4.74 Å². The molecule has 0 aliphatic carbocycles. The fraction of sp³-hybridized carbons (Fsp3) is 0.382. The number of nitrogens with one attached hydrogen (secondary N) is 2. The first-order valence-corrected chi connectivity index (χ1v) is 14.2. The summed E-state index contributed by atoms with van der Waals surface area (Å²) >= 11 is 0. The van der Waals surface area contributed by atoms with Gasteiger partial charge in [0.25, 0.3) is 5.91 Å². The normalized spacial score (nSPS) is 12.7. The van der Waals surface area contributed by atoms with Gasteiger partial charge < -0.3 is 20.3 Å². The van der Waals surface area contributed by atoms with Crippen LogP contribution in [0.5, 0.6) is 0 Å². The van der Waals surface area contributed by atoms with Gasteiger partial charge in [-0.3, -0.25) is 9.59 Å². The van der Waals surface area contributed by atoms with Crippen molar-refractivity contribution in [2.75, 3.05) is 11.9 Å². The minimum absolute atomic E-state index is 0.245. The minimum Gasteiger partial charge on any atom is -0.444 e. The Bertz CT molecular complexity index is 1310. The third kappa shape index (κ3) is 8.68. The third-order valence-electron chi connectivity index (χ3n) is 6.89. The van der Waals surface area contributed by atoms with Crippen LogP contribution in [0.1, 0.15) is 68.5 Å². The maximum atomic E-state index is 14.3. The number of hydrogen-bond donors (Lipinski definition) is 2. The van der Waals surface area contributed by atoms with Crippen molar-refractivity contribution in [1.82, 2.24) is 10.2 Å². The Hall–Kier alpha value is -4.13. The van der Waals surface area contributed by atoms with Crippen LogP contribution in [-0.4, -0.2) is 41.0 Å². The van der Waals surface area contributed by atoms with Gasteiger partial charge in [0.2, 0.25) is 5.91 Å². The molecule has 2 atom stereocenters. The Morgan fingerprint density at radius 1 is 0.829 bits per heavy atom. The van der Waals surface area contributed by atoms with E-state index in [9.17, 15) is 14.4 Å². The van der Waals surface area contributed by atoms with Crippen LogP contribution in [0.15, 0.2) is 72.8 Å². The Morgan fingerprint density at radius 3 is 1.98 bits per heavy atom. The number of anilines is 1. The number of amides is 3. The fourth-order valence-corrected chi connectivity index (χ4v) is 4.78. The van der Waals surface area contributed by atoms with Gasteiger partial charge in [0.05, 0.1) is 0 Å². The summed E-state index contributed by atoms with van der Waals surface area (Å²) in [6.07, 6.45) is 0.413. The van der Waals surface area contributed by atoms with Crippen molar-refractivity contribution in [2.45, 2.75) is 79.0 Å². The van der Waals surface area contributed by atoms with Crippen molar-refractivity contribution in [2.24, 2.45) is 0 Å². The Balaban J connectivity index is 2.03. The molecule has 0 aliphatic rings. The molecule has 7 nitrogen and oxygen atoms in total. The van der Waals surface area contributed by atoms with Crippen molar-refractivity contribution in [1.29, 1.82) is 0 Å². The van der Waals surface area contributed by atoms with Crippen LogP contribution >= 0.6 is 0 Å². The van der Waals surface area contributed by atoms with Crippen LogP contribution in [0.4, 0.5) is 10.5 Å². The van der Waals surface area contributed by atoms with Crippen molar-refractivity contribution in [3.05, 3.63) is 101 Å². The summed E-state index contributed by atoms with van der Waals surface area (Å²) < 4.78 is 5.49. The summed E-state index contributed by atoms with van der Waals surface area (Å²) in [6.45, 7) is 13.4. The smallest absolute Gasteiger partial charge is 0.408 e. The molecule has 0 spiro atoms. The van der Waals surface area contributed by atoms with Gasteiger partial charge >= 0.3 is 6.09 Å². The topological polar surface area (TPSA) is 87.7 Å². The lowest BCUT2D eigenvalue weighted by molar-refractivity contribution is -0.140. The van der Waals surface area contributed by atoms with E-state index in [1.807, 2.05) is 93.6 Å². The second kappa shape index (κ2) is 14.0. The van der Waals surface area contributed by atoms with Gasteiger partial charge in [-0.2, -0.15) is 0 Å². The first kappa shape index (κ1) is 31.4. The number of ether oxygens (including phenoxy) is 1. The number of aryl methyl sites for hydroxylation is 3. The van der Waals surface area contributed by atoms with E-state index in [1.165, 1.54) is 4.90 Å². The number of carbonyl (C=O) groups excluding carboxylic acids is 3. The quantitative estimate of drug-likeness (QED) is 0.297. The zero-order valence-corrected chi connectivity index (χ0v) is 25.3. The highest BCUT2D eigenvalue weighted by molar-refractivity contribution is 6.00. The Morgan fingerprint density at radius 2 is 1.44 bits per heavy atom.